The number of halogens is 2. The second kappa shape index (κ2) is 15.5. The number of carbonyl (C=O) groups is 4. The van der Waals surface area contributed by atoms with E-state index in [1.54, 1.807) is 73.3 Å². The number of rotatable bonds is 10. The smallest absolute Gasteiger partial charge is 0.410 e. The molecule has 2 aliphatic heterocycles. The van der Waals surface area contributed by atoms with Gasteiger partial charge >= 0.3 is 18.0 Å². The number of amides is 2. The van der Waals surface area contributed by atoms with Gasteiger partial charge in [0.2, 0.25) is 5.91 Å². The summed E-state index contributed by atoms with van der Waals surface area (Å²) in [5, 5.41) is 3.46. The fourth-order valence-corrected chi connectivity index (χ4v) is 7.83. The average Bonchev–Trinajstić information content (AvgIpc) is 3.70. The maximum Gasteiger partial charge on any atom is 0.410 e. The summed E-state index contributed by atoms with van der Waals surface area (Å²) in [5.74, 6) is -5.65. The van der Waals surface area contributed by atoms with E-state index in [4.69, 9.17) is 14.2 Å². The molecule has 3 fully saturated rings. The van der Waals surface area contributed by atoms with E-state index >= 15 is 8.78 Å². The first-order chi connectivity index (χ1) is 24.7. The van der Waals surface area contributed by atoms with Gasteiger partial charge in [0.05, 0.1) is 36.4 Å². The van der Waals surface area contributed by atoms with E-state index in [-0.39, 0.29) is 50.4 Å². The lowest BCUT2D eigenvalue weighted by Crippen LogP contribution is -2.55. The van der Waals surface area contributed by atoms with Crippen LogP contribution in [-0.2, 0) is 28.6 Å². The van der Waals surface area contributed by atoms with E-state index < -0.39 is 71.5 Å². The second-order valence-electron chi connectivity index (χ2n) is 17.0. The minimum atomic E-state index is -2.94. The summed E-state index contributed by atoms with van der Waals surface area (Å²) in [4.78, 5) is 63.9. The second-order valence-corrected chi connectivity index (χ2v) is 17.0. The van der Waals surface area contributed by atoms with Crippen LogP contribution < -0.4 is 5.32 Å². The number of carbonyl (C=O) groups excluding carboxylic acids is 4. The summed E-state index contributed by atoms with van der Waals surface area (Å²) in [7, 11) is 0. The molecule has 2 saturated heterocycles. The Bertz CT molecular complexity index is 1660. The number of hydrogen-bond donors (Lipinski definition) is 1. The predicted octanol–water partition coefficient (Wildman–Crippen LogP) is 6.08. The molecule has 0 unspecified atom stereocenters. The van der Waals surface area contributed by atoms with Crippen molar-refractivity contribution < 1.29 is 42.2 Å². The van der Waals surface area contributed by atoms with Crippen molar-refractivity contribution in [2.24, 2.45) is 29.6 Å². The number of alkyl halides is 2. The molecule has 1 aliphatic carbocycles. The van der Waals surface area contributed by atoms with Crippen LogP contribution in [0.4, 0.5) is 19.4 Å². The lowest BCUT2D eigenvalue weighted by atomic mass is 9.83. The van der Waals surface area contributed by atoms with Crippen molar-refractivity contribution in [2.75, 3.05) is 38.1 Å². The molecule has 5 rings (SSSR count). The van der Waals surface area contributed by atoms with Gasteiger partial charge < -0.3 is 29.0 Å². The van der Waals surface area contributed by atoms with E-state index in [0.717, 1.165) is 0 Å². The van der Waals surface area contributed by atoms with Crippen molar-refractivity contribution in [3.8, 4) is 0 Å². The molecule has 1 N–H and O–H groups in total. The maximum atomic E-state index is 15.5. The van der Waals surface area contributed by atoms with E-state index in [1.165, 1.54) is 6.33 Å². The quantitative estimate of drug-likeness (QED) is 0.224. The van der Waals surface area contributed by atoms with Crippen LogP contribution in [0, 0.1) is 29.6 Å². The Kier molecular flexibility index (Phi) is 11.8. The molecule has 2 amide bonds. The fourth-order valence-electron chi connectivity index (χ4n) is 7.83. The molecule has 4 atom stereocenters. The van der Waals surface area contributed by atoms with Gasteiger partial charge in [-0.1, -0.05) is 41.5 Å². The number of piperidine rings is 1. The Morgan fingerprint density at radius 1 is 0.981 bits per heavy atom. The van der Waals surface area contributed by atoms with Crippen molar-refractivity contribution in [3.63, 3.8) is 0 Å². The molecule has 294 valence electrons. The highest BCUT2D eigenvalue weighted by Crippen LogP contribution is 2.50. The summed E-state index contributed by atoms with van der Waals surface area (Å²) >= 11 is 0. The van der Waals surface area contributed by atoms with Gasteiger partial charge in [0.15, 0.2) is 0 Å². The number of hydrogen-bond acceptors (Lipinski definition) is 10. The third kappa shape index (κ3) is 9.09. The molecule has 2 aromatic rings. The molecule has 1 spiro atoms. The number of anilines is 1. The van der Waals surface area contributed by atoms with Gasteiger partial charge in [0.1, 0.15) is 29.5 Å². The van der Waals surface area contributed by atoms with E-state index in [1.807, 2.05) is 15.7 Å². The average molecular weight is 747 g/mol. The standard InChI is InChI=1S/C38H56F2N6O7/c1-22(2)32(47)43-30-26-10-13-46(31(26)42-21-41-30)28-16-25(27(18-51-33(48)23(3)4)29(28)52-34(49)24(5)6)17-45-20-38(39,40)19-37(45)11-14-44(15-12-37)35(50)53-36(7,8)9/h10,13,21-25,27-29H,11-12,14-20H2,1-9H3,(H,41,42,43,47)/t25-,27-,28-,29-/m1/s1. The van der Waals surface area contributed by atoms with Gasteiger partial charge in [-0.25, -0.2) is 23.5 Å². The molecule has 0 bridgehead atoms. The Morgan fingerprint density at radius 3 is 2.25 bits per heavy atom. The van der Waals surface area contributed by atoms with Gasteiger partial charge in [0.25, 0.3) is 5.92 Å². The van der Waals surface area contributed by atoms with Crippen LogP contribution in [0.3, 0.4) is 0 Å². The molecule has 0 radical (unpaired) electrons. The molecule has 4 heterocycles. The van der Waals surface area contributed by atoms with Crippen molar-refractivity contribution in [1.29, 1.82) is 0 Å². The van der Waals surface area contributed by atoms with Crippen molar-refractivity contribution in [2.45, 2.75) is 117 Å². The van der Waals surface area contributed by atoms with Crippen LogP contribution in [0.1, 0.15) is 94.0 Å². The number of nitrogens with one attached hydrogen (secondary N) is 1. The lowest BCUT2D eigenvalue weighted by molar-refractivity contribution is -0.161. The molecule has 3 aliphatic rings. The van der Waals surface area contributed by atoms with Gasteiger partial charge in [0, 0.05) is 49.6 Å². The number of fused-ring (bicyclic) bond motifs is 1. The highest BCUT2D eigenvalue weighted by Gasteiger charge is 2.58. The van der Waals surface area contributed by atoms with Crippen LogP contribution in [0.15, 0.2) is 18.6 Å². The number of ether oxygens (including phenoxy) is 3. The van der Waals surface area contributed by atoms with Crippen LogP contribution in [0.25, 0.3) is 11.0 Å². The Balaban J connectivity index is 1.49. The molecule has 15 heteroatoms. The summed E-state index contributed by atoms with van der Waals surface area (Å²) in [6.45, 7) is 16.1. The third-order valence-corrected chi connectivity index (χ3v) is 10.7. The maximum absolute atomic E-state index is 15.5. The van der Waals surface area contributed by atoms with Crippen molar-refractivity contribution in [1.82, 2.24) is 24.3 Å². The monoisotopic (exact) mass is 746 g/mol. The summed E-state index contributed by atoms with van der Waals surface area (Å²) in [5.41, 5.74) is -1.03. The summed E-state index contributed by atoms with van der Waals surface area (Å²) < 4.78 is 50.5. The Hall–Kier alpha value is -3.88. The molecule has 13 nitrogen and oxygen atoms in total. The number of aromatic nitrogens is 3. The first-order valence-corrected chi connectivity index (χ1v) is 18.8. The van der Waals surface area contributed by atoms with E-state index in [0.29, 0.717) is 36.1 Å². The number of likely N-dealkylation sites (tertiary alicyclic amines) is 2. The van der Waals surface area contributed by atoms with Gasteiger partial charge in [-0.3, -0.25) is 19.3 Å². The van der Waals surface area contributed by atoms with Crippen molar-refractivity contribution >= 4 is 40.8 Å². The molecule has 0 aromatic carbocycles. The van der Waals surface area contributed by atoms with Crippen LogP contribution in [-0.4, -0.2) is 104 Å². The highest BCUT2D eigenvalue weighted by atomic mass is 19.3. The lowest BCUT2D eigenvalue weighted by Gasteiger charge is -2.45. The zero-order valence-electron chi connectivity index (χ0n) is 32.5. The molecule has 1 saturated carbocycles. The molecule has 2 aromatic heterocycles. The zero-order chi connectivity index (χ0) is 39.0. The third-order valence-electron chi connectivity index (χ3n) is 10.7. The van der Waals surface area contributed by atoms with Crippen molar-refractivity contribution in [3.05, 3.63) is 18.6 Å². The van der Waals surface area contributed by atoms with Gasteiger partial charge in [-0.15, -0.1) is 0 Å². The normalized spacial score (nSPS) is 24.4. The summed E-state index contributed by atoms with van der Waals surface area (Å²) in [6.07, 6.45) is 2.69. The van der Waals surface area contributed by atoms with Gasteiger partial charge in [-0.05, 0) is 52.0 Å². The highest BCUT2D eigenvalue weighted by molar-refractivity contribution is 5.99. The van der Waals surface area contributed by atoms with E-state index in [2.05, 4.69) is 15.3 Å². The first kappa shape index (κ1) is 40.3. The van der Waals surface area contributed by atoms with Crippen LogP contribution >= 0.6 is 0 Å². The van der Waals surface area contributed by atoms with Crippen LogP contribution in [0.2, 0.25) is 0 Å². The Labute approximate surface area is 310 Å². The first-order valence-electron chi connectivity index (χ1n) is 18.8. The molecular formula is C38H56F2N6O7. The van der Waals surface area contributed by atoms with Gasteiger partial charge in [-0.2, -0.15) is 0 Å². The van der Waals surface area contributed by atoms with Crippen LogP contribution in [0.5, 0.6) is 0 Å². The number of nitrogens with zero attached hydrogens (tertiary/aromatic N) is 5. The predicted molar refractivity (Wildman–Crippen MR) is 193 cm³/mol. The molecular weight excluding hydrogens is 690 g/mol. The Morgan fingerprint density at radius 2 is 1.64 bits per heavy atom. The number of esters is 2. The largest absolute Gasteiger partial charge is 0.465 e. The fraction of sp³-hybridized carbons (Fsp3) is 0.737. The summed E-state index contributed by atoms with van der Waals surface area (Å²) in [6, 6.07) is 1.29. The minimum absolute atomic E-state index is 0.0677. The van der Waals surface area contributed by atoms with E-state index in [9.17, 15) is 19.2 Å². The topological polar surface area (TPSA) is 145 Å². The zero-order valence-corrected chi connectivity index (χ0v) is 32.5. The molecule has 53 heavy (non-hydrogen) atoms. The minimum Gasteiger partial charge on any atom is -0.465 e. The SMILES string of the molecule is CC(C)C(=O)Nc1ncnc2c1ccn2[C@@H]1C[C@H](CN2CC(F)(F)CC23CCN(C(=O)OC(C)(C)C)CC3)[C@@H](COC(=O)C(C)C)[C@H]1OC(=O)C(C)C.